The summed E-state index contributed by atoms with van der Waals surface area (Å²) in [7, 11) is 0. The zero-order valence-electron chi connectivity index (χ0n) is 32.6. The number of hydrogen-bond donors (Lipinski definition) is 0. The zero-order chi connectivity index (χ0) is 40.1. The van der Waals surface area contributed by atoms with Gasteiger partial charge in [-0.05, 0) is 51.6 Å². The fourth-order valence-electron chi connectivity index (χ4n) is 7.51. The van der Waals surface area contributed by atoms with E-state index < -0.39 is 0 Å². The Hall–Kier alpha value is -8.15. The normalized spacial score (nSPS) is 11.0. The molecule has 2 aromatic heterocycles. The number of rotatable bonds is 9. The van der Waals surface area contributed by atoms with Gasteiger partial charge in [-0.25, -0.2) is 24.9 Å². The summed E-state index contributed by atoms with van der Waals surface area (Å²) in [6.07, 6.45) is 0. The van der Waals surface area contributed by atoms with Crippen LogP contribution >= 0.6 is 0 Å². The van der Waals surface area contributed by atoms with Gasteiger partial charge in [0.15, 0.2) is 23.3 Å². The van der Waals surface area contributed by atoms with Gasteiger partial charge < -0.3 is 0 Å². The van der Waals surface area contributed by atoms with E-state index in [0.29, 0.717) is 23.3 Å². The number of aromatic nitrogens is 5. The van der Waals surface area contributed by atoms with Crippen LogP contribution in [0.5, 0.6) is 0 Å². The average Bonchev–Trinajstić information content (AvgIpc) is 3.35. The molecule has 0 atom stereocenters. The van der Waals surface area contributed by atoms with Crippen LogP contribution in [0.25, 0.3) is 101 Å². The third kappa shape index (κ3) is 7.63. The lowest BCUT2D eigenvalue weighted by atomic mass is 9.95. The largest absolute Gasteiger partial charge is 0.228 e. The summed E-state index contributed by atoms with van der Waals surface area (Å²) in [6.45, 7) is 0. The predicted octanol–water partition coefficient (Wildman–Crippen LogP) is 13.7. The van der Waals surface area contributed by atoms with Crippen LogP contribution < -0.4 is 0 Å². The van der Waals surface area contributed by atoms with Gasteiger partial charge in [0.05, 0.1) is 11.4 Å². The number of hydrogen-bond acceptors (Lipinski definition) is 5. The Morgan fingerprint density at radius 3 is 1.08 bits per heavy atom. The van der Waals surface area contributed by atoms with E-state index in [1.54, 1.807) is 0 Å². The van der Waals surface area contributed by atoms with E-state index in [-0.39, 0.29) is 0 Å². The smallest absolute Gasteiger partial charge is 0.164 e. The van der Waals surface area contributed by atoms with Crippen LogP contribution in [0.4, 0.5) is 0 Å². The highest BCUT2D eigenvalue weighted by atomic mass is 15.0. The first-order chi connectivity index (χ1) is 29.7. The van der Waals surface area contributed by atoms with E-state index in [2.05, 4.69) is 140 Å². The van der Waals surface area contributed by atoms with Gasteiger partial charge in [0, 0.05) is 33.4 Å². The Kier molecular flexibility index (Phi) is 9.88. The first-order valence-corrected chi connectivity index (χ1v) is 20.0. The van der Waals surface area contributed by atoms with Crippen LogP contribution in [-0.2, 0) is 0 Å². The Labute approximate surface area is 349 Å². The lowest BCUT2D eigenvalue weighted by Crippen LogP contribution is -2.00. The molecule has 0 amide bonds. The van der Waals surface area contributed by atoms with Crippen LogP contribution in [0, 0.1) is 0 Å². The predicted molar refractivity (Wildman–Crippen MR) is 244 cm³/mol. The van der Waals surface area contributed by atoms with Crippen molar-refractivity contribution < 1.29 is 0 Å². The second-order valence-corrected chi connectivity index (χ2v) is 14.5. The van der Waals surface area contributed by atoms with Crippen molar-refractivity contribution >= 4 is 0 Å². The van der Waals surface area contributed by atoms with Crippen LogP contribution in [0.1, 0.15) is 0 Å². The Morgan fingerprint density at radius 1 is 0.183 bits per heavy atom. The summed E-state index contributed by atoms with van der Waals surface area (Å²) in [4.78, 5) is 25.2. The summed E-state index contributed by atoms with van der Waals surface area (Å²) in [5.41, 5.74) is 14.2. The first kappa shape index (κ1) is 36.2. The van der Waals surface area contributed by atoms with Crippen molar-refractivity contribution in [1.29, 1.82) is 0 Å². The minimum absolute atomic E-state index is 0.622. The van der Waals surface area contributed by atoms with Crippen LogP contribution in [0.3, 0.4) is 0 Å². The summed E-state index contributed by atoms with van der Waals surface area (Å²) >= 11 is 0. The number of nitrogens with zero attached hydrogens (tertiary/aromatic N) is 5. The molecule has 2 heterocycles. The van der Waals surface area contributed by atoms with Crippen molar-refractivity contribution in [1.82, 2.24) is 24.9 Å². The molecule has 10 aromatic rings. The molecule has 0 saturated carbocycles. The van der Waals surface area contributed by atoms with Gasteiger partial charge >= 0.3 is 0 Å². The molecule has 0 aliphatic rings. The molecule has 5 nitrogen and oxygen atoms in total. The molecule has 0 aliphatic carbocycles. The van der Waals surface area contributed by atoms with E-state index in [1.165, 1.54) is 5.56 Å². The van der Waals surface area contributed by atoms with E-state index in [9.17, 15) is 0 Å². The topological polar surface area (TPSA) is 64.5 Å². The summed E-state index contributed by atoms with van der Waals surface area (Å²) in [5, 5.41) is 0. The van der Waals surface area contributed by atoms with E-state index in [1.807, 2.05) is 84.9 Å². The Bertz CT molecular complexity index is 3000. The van der Waals surface area contributed by atoms with Crippen molar-refractivity contribution in [2.45, 2.75) is 0 Å². The van der Waals surface area contributed by atoms with E-state index in [4.69, 9.17) is 24.9 Å². The highest BCUT2D eigenvalue weighted by Crippen LogP contribution is 2.36. The Morgan fingerprint density at radius 2 is 0.533 bits per heavy atom. The maximum absolute atomic E-state index is 5.29. The molecule has 0 spiro atoms. The van der Waals surface area contributed by atoms with Crippen LogP contribution in [0.2, 0.25) is 0 Å². The maximum Gasteiger partial charge on any atom is 0.164 e. The summed E-state index contributed by atoms with van der Waals surface area (Å²) < 4.78 is 0. The van der Waals surface area contributed by atoms with Gasteiger partial charge in [-0.2, -0.15) is 0 Å². The van der Waals surface area contributed by atoms with Gasteiger partial charge in [-0.3, -0.25) is 0 Å². The highest BCUT2D eigenvalue weighted by molar-refractivity contribution is 5.85. The van der Waals surface area contributed by atoms with Gasteiger partial charge in [0.1, 0.15) is 0 Å². The second-order valence-electron chi connectivity index (χ2n) is 14.5. The van der Waals surface area contributed by atoms with Crippen molar-refractivity contribution in [2.24, 2.45) is 0 Å². The molecule has 0 unspecified atom stereocenters. The van der Waals surface area contributed by atoms with Gasteiger partial charge in [-0.1, -0.05) is 206 Å². The molecule has 0 radical (unpaired) electrons. The fraction of sp³-hybridized carbons (Fsp3) is 0. The first-order valence-electron chi connectivity index (χ1n) is 20.0. The standard InChI is InChI=1S/C55H37N5/c1-5-17-38(18-6-1)44-25-15-27-46(35-44)48-29-13-14-30-49(48)55-56-50(40-19-7-2-8-20-40)37-51(57-55)47-28-16-26-45(36-47)39-31-33-43(34-32-39)54-59-52(41-21-9-3-10-22-41)58-53(60-54)42-23-11-4-12-24-42/h1-37H. The average molecular weight is 768 g/mol. The van der Waals surface area contributed by atoms with Crippen molar-refractivity contribution in [3.8, 4) is 101 Å². The van der Waals surface area contributed by atoms with Crippen molar-refractivity contribution in [3.05, 3.63) is 224 Å². The van der Waals surface area contributed by atoms with Gasteiger partial charge in [0.25, 0.3) is 0 Å². The molecular weight excluding hydrogens is 731 g/mol. The van der Waals surface area contributed by atoms with Gasteiger partial charge in [0.2, 0.25) is 0 Å². The molecule has 60 heavy (non-hydrogen) atoms. The molecule has 5 heteroatoms. The quantitative estimate of drug-likeness (QED) is 0.146. The number of benzene rings is 8. The summed E-state index contributed by atoms with van der Waals surface area (Å²) in [6, 6.07) is 77.1. The van der Waals surface area contributed by atoms with E-state index >= 15 is 0 Å². The molecule has 0 fully saturated rings. The van der Waals surface area contributed by atoms with Gasteiger partial charge in [-0.15, -0.1) is 0 Å². The van der Waals surface area contributed by atoms with Crippen LogP contribution in [-0.4, -0.2) is 24.9 Å². The molecule has 0 aliphatic heterocycles. The molecule has 8 aromatic carbocycles. The van der Waals surface area contributed by atoms with Crippen molar-refractivity contribution in [3.63, 3.8) is 0 Å². The minimum Gasteiger partial charge on any atom is -0.228 e. The molecule has 10 rings (SSSR count). The highest BCUT2D eigenvalue weighted by Gasteiger charge is 2.16. The third-order valence-electron chi connectivity index (χ3n) is 10.6. The summed E-state index contributed by atoms with van der Waals surface area (Å²) in [5.74, 6) is 2.57. The molecule has 0 saturated heterocycles. The molecule has 0 N–H and O–H groups in total. The Balaban J connectivity index is 1.02. The molecule has 282 valence electrons. The van der Waals surface area contributed by atoms with E-state index in [0.717, 1.165) is 72.6 Å². The minimum atomic E-state index is 0.622. The van der Waals surface area contributed by atoms with Crippen LogP contribution in [0.15, 0.2) is 224 Å². The third-order valence-corrected chi connectivity index (χ3v) is 10.6. The van der Waals surface area contributed by atoms with Crippen molar-refractivity contribution in [2.75, 3.05) is 0 Å². The maximum atomic E-state index is 5.29. The zero-order valence-corrected chi connectivity index (χ0v) is 32.6. The molecule has 0 bridgehead atoms. The fourth-order valence-corrected chi connectivity index (χ4v) is 7.51. The molecular formula is C55H37N5. The SMILES string of the molecule is c1ccc(-c2cccc(-c3ccccc3-c3nc(-c4ccccc4)cc(-c4cccc(-c5ccc(-c6nc(-c7ccccc7)nc(-c7ccccc7)n6)cc5)c4)n3)c2)cc1. The lowest BCUT2D eigenvalue weighted by Gasteiger charge is -2.14. The lowest BCUT2D eigenvalue weighted by molar-refractivity contribution is 1.07. The second kappa shape index (κ2) is 16.4. The monoisotopic (exact) mass is 767 g/mol.